The molecule has 0 aromatic heterocycles. The molecule has 0 aliphatic carbocycles. The standard InChI is InChI=1S/C16H10F6O/c1-9-2-5-11(8-13(9)16(20,21)22)15(18,19)14(23)10-3-6-12(17)7-4-10/h2-8H,1H3. The molecule has 0 saturated heterocycles. The Balaban J connectivity index is 2.47. The predicted octanol–water partition coefficient (Wildman–Crippen LogP) is 5.13. The molecule has 122 valence electrons. The Morgan fingerprint density at radius 3 is 2.00 bits per heavy atom. The van der Waals surface area contributed by atoms with Crippen LogP contribution in [0.3, 0.4) is 0 Å². The third-order valence-corrected chi connectivity index (χ3v) is 3.30. The topological polar surface area (TPSA) is 17.1 Å². The van der Waals surface area contributed by atoms with E-state index in [1.165, 1.54) is 0 Å². The van der Waals surface area contributed by atoms with Gasteiger partial charge in [-0.1, -0.05) is 12.1 Å². The number of carbonyl (C=O) groups excluding carboxylic acids is 1. The lowest BCUT2D eigenvalue weighted by Crippen LogP contribution is -2.27. The van der Waals surface area contributed by atoms with Crippen LogP contribution in [0.4, 0.5) is 26.3 Å². The number of hydrogen-bond donors (Lipinski definition) is 0. The Hall–Kier alpha value is -2.31. The van der Waals surface area contributed by atoms with Gasteiger partial charge in [0.2, 0.25) is 5.78 Å². The summed E-state index contributed by atoms with van der Waals surface area (Å²) in [5, 5.41) is 0. The van der Waals surface area contributed by atoms with Crippen molar-refractivity contribution >= 4 is 5.78 Å². The number of alkyl halides is 5. The molecule has 0 amide bonds. The molecular weight excluding hydrogens is 322 g/mol. The highest BCUT2D eigenvalue weighted by molar-refractivity contribution is 6.01. The minimum Gasteiger partial charge on any atom is -0.287 e. The predicted molar refractivity (Wildman–Crippen MR) is 70.8 cm³/mol. The average molecular weight is 332 g/mol. The van der Waals surface area contributed by atoms with E-state index >= 15 is 0 Å². The van der Waals surface area contributed by atoms with E-state index in [-0.39, 0.29) is 11.6 Å². The van der Waals surface area contributed by atoms with Crippen molar-refractivity contribution in [1.29, 1.82) is 0 Å². The second-order valence-electron chi connectivity index (χ2n) is 4.94. The molecule has 23 heavy (non-hydrogen) atoms. The van der Waals surface area contributed by atoms with Crippen LogP contribution in [0.15, 0.2) is 42.5 Å². The van der Waals surface area contributed by atoms with E-state index in [1.807, 2.05) is 0 Å². The smallest absolute Gasteiger partial charge is 0.287 e. The first-order valence-electron chi connectivity index (χ1n) is 6.40. The summed E-state index contributed by atoms with van der Waals surface area (Å²) in [6.07, 6.45) is -4.81. The van der Waals surface area contributed by atoms with Gasteiger partial charge >= 0.3 is 12.1 Å². The molecule has 1 nitrogen and oxygen atoms in total. The van der Waals surface area contributed by atoms with E-state index in [2.05, 4.69) is 0 Å². The van der Waals surface area contributed by atoms with Crippen LogP contribution < -0.4 is 0 Å². The molecule has 7 heteroatoms. The lowest BCUT2D eigenvalue weighted by molar-refractivity contribution is -0.138. The number of rotatable bonds is 3. The van der Waals surface area contributed by atoms with E-state index < -0.39 is 40.4 Å². The summed E-state index contributed by atoms with van der Waals surface area (Å²) in [5.41, 5.74) is -3.02. The first-order chi connectivity index (χ1) is 10.5. The van der Waals surface area contributed by atoms with Crippen LogP contribution >= 0.6 is 0 Å². The number of benzene rings is 2. The van der Waals surface area contributed by atoms with Gasteiger partial charge in [-0.05, 0) is 42.8 Å². The number of carbonyl (C=O) groups is 1. The highest BCUT2D eigenvalue weighted by atomic mass is 19.4. The van der Waals surface area contributed by atoms with Gasteiger partial charge in [0.15, 0.2) is 0 Å². The molecule has 2 rings (SSSR count). The Morgan fingerprint density at radius 1 is 0.913 bits per heavy atom. The maximum Gasteiger partial charge on any atom is 0.416 e. The zero-order chi connectivity index (χ0) is 17.4. The van der Waals surface area contributed by atoms with Crippen molar-refractivity contribution in [2.24, 2.45) is 0 Å². The lowest BCUT2D eigenvalue weighted by Gasteiger charge is -2.18. The van der Waals surface area contributed by atoms with Crippen molar-refractivity contribution < 1.29 is 31.1 Å². The van der Waals surface area contributed by atoms with Crippen molar-refractivity contribution in [3.05, 3.63) is 70.5 Å². The number of aryl methyl sites for hydroxylation is 1. The molecule has 0 atom stereocenters. The van der Waals surface area contributed by atoms with Gasteiger partial charge in [0, 0.05) is 11.1 Å². The van der Waals surface area contributed by atoms with Crippen molar-refractivity contribution in [2.75, 3.05) is 0 Å². The van der Waals surface area contributed by atoms with Gasteiger partial charge in [0.05, 0.1) is 5.56 Å². The molecule has 0 aliphatic rings. The van der Waals surface area contributed by atoms with Crippen LogP contribution in [0.25, 0.3) is 0 Å². The van der Waals surface area contributed by atoms with Crippen molar-refractivity contribution in [3.63, 3.8) is 0 Å². The first-order valence-corrected chi connectivity index (χ1v) is 6.40. The fourth-order valence-corrected chi connectivity index (χ4v) is 2.04. The molecule has 0 unspecified atom stereocenters. The molecule has 2 aromatic carbocycles. The molecule has 0 bridgehead atoms. The van der Waals surface area contributed by atoms with E-state index in [0.29, 0.717) is 0 Å². The molecule has 0 aliphatic heterocycles. The van der Waals surface area contributed by atoms with Crippen LogP contribution in [0.5, 0.6) is 0 Å². The fraction of sp³-hybridized carbons (Fsp3) is 0.188. The van der Waals surface area contributed by atoms with Crippen LogP contribution in [0, 0.1) is 12.7 Å². The normalized spacial score (nSPS) is 12.3. The largest absolute Gasteiger partial charge is 0.416 e. The Kier molecular flexibility index (Phi) is 4.24. The minimum absolute atomic E-state index is 0.230. The maximum atomic E-state index is 14.2. The van der Waals surface area contributed by atoms with Gasteiger partial charge in [-0.15, -0.1) is 0 Å². The van der Waals surface area contributed by atoms with Crippen molar-refractivity contribution in [3.8, 4) is 0 Å². The zero-order valence-corrected chi connectivity index (χ0v) is 11.7. The second kappa shape index (κ2) is 5.72. The SMILES string of the molecule is Cc1ccc(C(F)(F)C(=O)c2ccc(F)cc2)cc1C(F)(F)F. The molecular formula is C16H10F6O. The lowest BCUT2D eigenvalue weighted by atomic mass is 9.95. The number of Topliss-reactive ketones (excluding diaryl/α,β-unsaturated/α-hetero) is 1. The third kappa shape index (κ3) is 3.38. The van der Waals surface area contributed by atoms with Gasteiger partial charge in [0.1, 0.15) is 5.82 Å². The second-order valence-corrected chi connectivity index (χ2v) is 4.94. The Labute approximate surface area is 127 Å². The molecule has 0 saturated carbocycles. The molecule has 0 heterocycles. The van der Waals surface area contributed by atoms with Crippen LogP contribution in [0.1, 0.15) is 27.0 Å². The zero-order valence-electron chi connectivity index (χ0n) is 11.7. The summed E-state index contributed by atoms with van der Waals surface area (Å²) in [6.45, 7) is 1.13. The molecule has 0 fully saturated rings. The van der Waals surface area contributed by atoms with Crippen molar-refractivity contribution in [2.45, 2.75) is 19.0 Å². The molecule has 0 N–H and O–H groups in total. The average Bonchev–Trinajstić information content (AvgIpc) is 2.46. The van der Waals surface area contributed by atoms with E-state index in [4.69, 9.17) is 0 Å². The van der Waals surface area contributed by atoms with Gasteiger partial charge in [-0.2, -0.15) is 22.0 Å². The highest BCUT2D eigenvalue weighted by Crippen LogP contribution is 2.38. The van der Waals surface area contributed by atoms with Crippen LogP contribution in [-0.2, 0) is 12.1 Å². The number of ketones is 1. The quantitative estimate of drug-likeness (QED) is 0.563. The maximum absolute atomic E-state index is 14.2. The van der Waals surface area contributed by atoms with E-state index in [9.17, 15) is 31.1 Å². The Bertz CT molecular complexity index is 731. The minimum atomic E-state index is -4.81. The summed E-state index contributed by atoms with van der Waals surface area (Å²) >= 11 is 0. The third-order valence-electron chi connectivity index (χ3n) is 3.30. The van der Waals surface area contributed by atoms with Crippen molar-refractivity contribution in [1.82, 2.24) is 0 Å². The van der Waals surface area contributed by atoms with Gasteiger partial charge in [-0.3, -0.25) is 4.79 Å². The van der Waals surface area contributed by atoms with Crippen LogP contribution in [-0.4, -0.2) is 5.78 Å². The fourth-order valence-electron chi connectivity index (χ4n) is 2.04. The summed E-state index contributed by atoms with van der Waals surface area (Å²) in [7, 11) is 0. The van der Waals surface area contributed by atoms with Crippen LogP contribution in [0.2, 0.25) is 0 Å². The molecule has 2 aromatic rings. The van der Waals surface area contributed by atoms with Gasteiger partial charge in [0.25, 0.3) is 0 Å². The summed E-state index contributed by atoms with van der Waals surface area (Å²) in [5.74, 6) is -6.58. The number of hydrogen-bond acceptors (Lipinski definition) is 1. The molecule has 0 radical (unpaired) electrons. The highest BCUT2D eigenvalue weighted by Gasteiger charge is 2.43. The van der Waals surface area contributed by atoms with Gasteiger partial charge < -0.3 is 0 Å². The first kappa shape index (κ1) is 17.1. The monoisotopic (exact) mass is 332 g/mol. The summed E-state index contributed by atoms with van der Waals surface area (Å²) in [4.78, 5) is 11.9. The van der Waals surface area contributed by atoms with Gasteiger partial charge in [-0.25, -0.2) is 4.39 Å². The molecule has 0 spiro atoms. The number of halogens is 6. The Morgan fingerprint density at radius 2 is 1.48 bits per heavy atom. The van der Waals surface area contributed by atoms with E-state index in [1.54, 1.807) is 0 Å². The summed E-state index contributed by atoms with van der Waals surface area (Å²) in [6, 6.07) is 5.25. The van der Waals surface area contributed by atoms with E-state index in [0.717, 1.165) is 43.3 Å². The summed E-state index contributed by atoms with van der Waals surface area (Å²) < 4.78 is 79.7.